The second-order valence-corrected chi connectivity index (χ2v) is 7.60. The standard InChI is InChI=1S/C22H23ClN4O/c23-19-6-8-21(9-7-19)27-16-18(14-24-27)22(28)25-20-10-12-26(13-11-20)15-17-4-2-1-3-5-17/h1-9,14,16,20H,10-13,15H2,(H,25,28). The lowest BCUT2D eigenvalue weighted by Gasteiger charge is -2.32. The van der Waals surface area contributed by atoms with Gasteiger partial charge in [-0.15, -0.1) is 0 Å². The summed E-state index contributed by atoms with van der Waals surface area (Å²) in [7, 11) is 0. The smallest absolute Gasteiger partial charge is 0.254 e. The summed E-state index contributed by atoms with van der Waals surface area (Å²) < 4.78 is 1.69. The number of amides is 1. The fourth-order valence-corrected chi connectivity index (χ4v) is 3.65. The Morgan fingerprint density at radius 1 is 1.07 bits per heavy atom. The van der Waals surface area contributed by atoms with Crippen LogP contribution < -0.4 is 5.32 Å². The molecule has 5 nitrogen and oxygen atoms in total. The maximum absolute atomic E-state index is 12.6. The number of halogens is 1. The summed E-state index contributed by atoms with van der Waals surface area (Å²) in [6.07, 6.45) is 5.28. The Hall–Kier alpha value is -2.63. The molecule has 1 N–H and O–H groups in total. The summed E-state index contributed by atoms with van der Waals surface area (Å²) in [6.45, 7) is 2.95. The molecule has 0 spiro atoms. The molecule has 2 aromatic carbocycles. The van der Waals surface area contributed by atoms with Gasteiger partial charge in [-0.05, 0) is 42.7 Å². The van der Waals surface area contributed by atoms with Crippen LogP contribution in [0.4, 0.5) is 0 Å². The number of benzene rings is 2. The van der Waals surface area contributed by atoms with Gasteiger partial charge in [0.2, 0.25) is 0 Å². The van der Waals surface area contributed by atoms with Crippen molar-refractivity contribution in [3.8, 4) is 5.69 Å². The quantitative estimate of drug-likeness (QED) is 0.713. The molecule has 1 fully saturated rings. The maximum Gasteiger partial charge on any atom is 0.254 e. The Balaban J connectivity index is 1.29. The highest BCUT2D eigenvalue weighted by Crippen LogP contribution is 2.16. The number of nitrogens with one attached hydrogen (secondary N) is 1. The van der Waals surface area contributed by atoms with Gasteiger partial charge in [0.15, 0.2) is 0 Å². The molecule has 1 aliphatic heterocycles. The number of rotatable bonds is 5. The number of aromatic nitrogens is 2. The van der Waals surface area contributed by atoms with E-state index in [1.54, 1.807) is 17.1 Å². The van der Waals surface area contributed by atoms with Gasteiger partial charge in [0.1, 0.15) is 0 Å². The van der Waals surface area contributed by atoms with E-state index in [4.69, 9.17) is 11.6 Å². The van der Waals surface area contributed by atoms with Crippen molar-refractivity contribution in [2.24, 2.45) is 0 Å². The van der Waals surface area contributed by atoms with Gasteiger partial charge < -0.3 is 5.32 Å². The van der Waals surface area contributed by atoms with E-state index < -0.39 is 0 Å². The van der Waals surface area contributed by atoms with Crippen LogP contribution in [0.3, 0.4) is 0 Å². The van der Waals surface area contributed by atoms with Crippen LogP contribution in [0.1, 0.15) is 28.8 Å². The lowest BCUT2D eigenvalue weighted by molar-refractivity contribution is 0.0909. The van der Waals surface area contributed by atoms with E-state index in [9.17, 15) is 4.79 Å². The lowest BCUT2D eigenvalue weighted by Crippen LogP contribution is -2.44. The molecule has 0 radical (unpaired) electrons. The first-order chi connectivity index (χ1) is 13.7. The van der Waals surface area contributed by atoms with Crippen molar-refractivity contribution in [1.82, 2.24) is 20.0 Å². The van der Waals surface area contributed by atoms with Gasteiger partial charge in [0.25, 0.3) is 5.91 Å². The van der Waals surface area contributed by atoms with E-state index in [2.05, 4.69) is 39.6 Å². The van der Waals surface area contributed by atoms with Crippen molar-refractivity contribution < 1.29 is 4.79 Å². The van der Waals surface area contributed by atoms with Crippen LogP contribution in [-0.4, -0.2) is 39.7 Å². The highest BCUT2D eigenvalue weighted by atomic mass is 35.5. The van der Waals surface area contributed by atoms with Crippen LogP contribution in [0.15, 0.2) is 67.0 Å². The molecule has 0 unspecified atom stereocenters. The third-order valence-corrected chi connectivity index (χ3v) is 5.36. The molecule has 0 aliphatic carbocycles. The van der Waals surface area contributed by atoms with Gasteiger partial charge in [0.05, 0.1) is 17.4 Å². The molecular weight excluding hydrogens is 372 g/mol. The average molecular weight is 395 g/mol. The van der Waals surface area contributed by atoms with Gasteiger partial charge in [-0.3, -0.25) is 9.69 Å². The Labute approximate surface area is 169 Å². The van der Waals surface area contributed by atoms with Crippen molar-refractivity contribution in [2.45, 2.75) is 25.4 Å². The molecule has 0 saturated carbocycles. The fourth-order valence-electron chi connectivity index (χ4n) is 3.52. The Bertz CT molecular complexity index is 915. The molecule has 4 rings (SSSR count). The molecule has 144 valence electrons. The van der Waals surface area contributed by atoms with Crippen molar-refractivity contribution in [3.63, 3.8) is 0 Å². The first-order valence-electron chi connectivity index (χ1n) is 9.55. The van der Waals surface area contributed by atoms with Crippen molar-refractivity contribution in [1.29, 1.82) is 0 Å². The average Bonchev–Trinajstić information content (AvgIpc) is 3.21. The minimum Gasteiger partial charge on any atom is -0.349 e. The van der Waals surface area contributed by atoms with E-state index >= 15 is 0 Å². The zero-order valence-corrected chi connectivity index (χ0v) is 16.3. The second kappa shape index (κ2) is 8.59. The van der Waals surface area contributed by atoms with Crippen LogP contribution in [0, 0.1) is 0 Å². The zero-order valence-electron chi connectivity index (χ0n) is 15.6. The number of piperidine rings is 1. The molecule has 1 saturated heterocycles. The topological polar surface area (TPSA) is 50.2 Å². The van der Waals surface area contributed by atoms with Crippen LogP contribution >= 0.6 is 11.6 Å². The van der Waals surface area contributed by atoms with Crippen molar-refractivity contribution >= 4 is 17.5 Å². The third-order valence-electron chi connectivity index (χ3n) is 5.11. The Morgan fingerprint density at radius 2 is 1.79 bits per heavy atom. The van der Waals surface area contributed by atoms with Gasteiger partial charge in [-0.2, -0.15) is 5.10 Å². The maximum atomic E-state index is 12.6. The predicted octanol–water partition coefficient (Wildman–Crippen LogP) is 3.92. The molecule has 0 bridgehead atoms. The summed E-state index contributed by atoms with van der Waals surface area (Å²) in [5.41, 5.74) is 2.78. The van der Waals surface area contributed by atoms with E-state index in [1.807, 2.05) is 30.3 Å². The summed E-state index contributed by atoms with van der Waals surface area (Å²) in [6, 6.07) is 18.1. The van der Waals surface area contributed by atoms with E-state index in [0.717, 1.165) is 38.2 Å². The summed E-state index contributed by atoms with van der Waals surface area (Å²) >= 11 is 5.92. The molecule has 0 atom stereocenters. The van der Waals surface area contributed by atoms with Crippen molar-refractivity contribution in [3.05, 3.63) is 83.1 Å². The molecular formula is C22H23ClN4O. The normalized spacial score (nSPS) is 15.5. The molecule has 1 amide bonds. The Morgan fingerprint density at radius 3 is 2.50 bits per heavy atom. The van der Waals surface area contributed by atoms with Gasteiger partial charge >= 0.3 is 0 Å². The van der Waals surface area contributed by atoms with Crippen molar-refractivity contribution in [2.75, 3.05) is 13.1 Å². The first-order valence-corrected chi connectivity index (χ1v) is 9.93. The SMILES string of the molecule is O=C(NC1CCN(Cc2ccccc2)CC1)c1cnn(-c2ccc(Cl)cc2)c1. The number of likely N-dealkylation sites (tertiary alicyclic amines) is 1. The van der Waals surface area contributed by atoms with Gasteiger partial charge in [-0.1, -0.05) is 41.9 Å². The number of hydrogen-bond acceptors (Lipinski definition) is 3. The number of hydrogen-bond donors (Lipinski definition) is 1. The molecule has 28 heavy (non-hydrogen) atoms. The highest BCUT2D eigenvalue weighted by Gasteiger charge is 2.21. The first kappa shape index (κ1) is 18.7. The molecule has 6 heteroatoms. The third kappa shape index (κ3) is 4.61. The molecule has 1 aliphatic rings. The molecule has 2 heterocycles. The summed E-state index contributed by atoms with van der Waals surface area (Å²) in [5.74, 6) is -0.0678. The van der Waals surface area contributed by atoms with Gasteiger partial charge in [0, 0.05) is 36.9 Å². The minimum absolute atomic E-state index is 0.0678. The fraction of sp³-hybridized carbons (Fsp3) is 0.273. The largest absolute Gasteiger partial charge is 0.349 e. The number of carbonyl (C=O) groups is 1. The zero-order chi connectivity index (χ0) is 19.3. The monoisotopic (exact) mass is 394 g/mol. The lowest BCUT2D eigenvalue weighted by atomic mass is 10.0. The van der Waals surface area contributed by atoms with E-state index in [0.29, 0.717) is 10.6 Å². The highest BCUT2D eigenvalue weighted by molar-refractivity contribution is 6.30. The number of nitrogens with zero attached hydrogens (tertiary/aromatic N) is 3. The van der Waals surface area contributed by atoms with Crippen LogP contribution in [0.2, 0.25) is 5.02 Å². The van der Waals surface area contributed by atoms with E-state index in [1.165, 1.54) is 5.56 Å². The predicted molar refractivity (Wildman–Crippen MR) is 111 cm³/mol. The summed E-state index contributed by atoms with van der Waals surface area (Å²) in [4.78, 5) is 15.0. The van der Waals surface area contributed by atoms with E-state index in [-0.39, 0.29) is 11.9 Å². The van der Waals surface area contributed by atoms with Crippen LogP contribution in [0.5, 0.6) is 0 Å². The second-order valence-electron chi connectivity index (χ2n) is 7.16. The van der Waals surface area contributed by atoms with Crippen LogP contribution in [-0.2, 0) is 6.54 Å². The summed E-state index contributed by atoms with van der Waals surface area (Å²) in [5, 5.41) is 8.12. The minimum atomic E-state index is -0.0678. The molecule has 3 aromatic rings. The van der Waals surface area contributed by atoms with Crippen LogP contribution in [0.25, 0.3) is 5.69 Å². The molecule has 1 aromatic heterocycles. The number of carbonyl (C=O) groups excluding carboxylic acids is 1. The van der Waals surface area contributed by atoms with Gasteiger partial charge in [-0.25, -0.2) is 4.68 Å². The Kier molecular flexibility index (Phi) is 5.74.